The molecule has 0 aromatic heterocycles. The number of carbonyl (C=O) groups is 2. The van der Waals surface area contributed by atoms with Gasteiger partial charge in [-0.1, -0.05) is 51.7 Å². The van der Waals surface area contributed by atoms with Crippen molar-refractivity contribution in [2.24, 2.45) is 0 Å². The fourth-order valence-electron chi connectivity index (χ4n) is 3.02. The molecule has 1 unspecified atom stereocenters. The van der Waals surface area contributed by atoms with E-state index in [4.69, 9.17) is 14.2 Å². The maximum Gasteiger partial charge on any atom is 0.409 e. The zero-order chi connectivity index (χ0) is 22.2. The Bertz CT molecular complexity index is 604. The summed E-state index contributed by atoms with van der Waals surface area (Å²) in [6.07, 6.45) is 5.55. The van der Waals surface area contributed by atoms with Crippen LogP contribution in [0.4, 0.5) is 4.79 Å². The van der Waals surface area contributed by atoms with Crippen LogP contribution in [0.2, 0.25) is 0 Å². The van der Waals surface area contributed by atoms with Crippen LogP contribution in [-0.2, 0) is 20.7 Å². The minimum Gasteiger partial charge on any atom is -0.492 e. The lowest BCUT2D eigenvalue weighted by Gasteiger charge is -2.21. The summed E-state index contributed by atoms with van der Waals surface area (Å²) < 4.78 is 16.0. The lowest BCUT2D eigenvalue weighted by molar-refractivity contribution is -0.150. The summed E-state index contributed by atoms with van der Waals surface area (Å²) in [6, 6.07) is 7.29. The monoisotopic (exact) mass is 423 g/mol. The van der Waals surface area contributed by atoms with Crippen LogP contribution >= 0.6 is 0 Å². The first-order chi connectivity index (χ1) is 14.5. The largest absolute Gasteiger partial charge is 0.492 e. The molecule has 0 aliphatic carbocycles. The second-order valence-electron chi connectivity index (χ2n) is 7.27. The number of unbranched alkanes of at least 4 members (excludes halogenated alkanes) is 4. The van der Waals surface area contributed by atoms with Crippen molar-refractivity contribution in [1.29, 1.82) is 0 Å². The van der Waals surface area contributed by atoms with Crippen molar-refractivity contribution >= 4 is 12.1 Å². The Hall–Kier alpha value is -2.28. The van der Waals surface area contributed by atoms with Gasteiger partial charge < -0.3 is 24.2 Å². The van der Waals surface area contributed by atoms with Crippen LogP contribution in [-0.4, -0.2) is 61.6 Å². The molecule has 0 saturated heterocycles. The number of aliphatic carboxylic acids is 1. The van der Waals surface area contributed by atoms with Crippen molar-refractivity contribution in [3.63, 3.8) is 0 Å². The second kappa shape index (κ2) is 15.5. The number of hydrogen-bond acceptors (Lipinski definition) is 5. The van der Waals surface area contributed by atoms with E-state index in [1.165, 1.54) is 26.4 Å². The third-order valence-electron chi connectivity index (χ3n) is 4.74. The minimum atomic E-state index is -0.957. The van der Waals surface area contributed by atoms with Crippen LogP contribution in [0.25, 0.3) is 0 Å². The van der Waals surface area contributed by atoms with E-state index in [1.54, 1.807) is 17.0 Å². The fourth-order valence-corrected chi connectivity index (χ4v) is 3.02. The number of hydrogen-bond donors (Lipinski definition) is 1. The standard InChI is InChI=1S/C23H37NO6/c1-4-6-7-8-9-14-24(23(27)28-3)15-17-29-20-12-10-19(11-13-20)18-21(22(25)26)30-16-5-2/h10-13,21H,4-9,14-18H2,1-3H3,(H,25,26). The molecule has 0 radical (unpaired) electrons. The van der Waals surface area contributed by atoms with Gasteiger partial charge in [0.25, 0.3) is 0 Å². The predicted octanol–water partition coefficient (Wildman–Crippen LogP) is 4.53. The molecule has 1 amide bonds. The van der Waals surface area contributed by atoms with Gasteiger partial charge in [0.05, 0.1) is 13.7 Å². The molecule has 1 atom stereocenters. The second-order valence-corrected chi connectivity index (χ2v) is 7.27. The van der Waals surface area contributed by atoms with Crippen molar-refractivity contribution in [3.8, 4) is 5.75 Å². The zero-order valence-electron chi connectivity index (χ0n) is 18.6. The van der Waals surface area contributed by atoms with Gasteiger partial charge in [0.15, 0.2) is 6.10 Å². The van der Waals surface area contributed by atoms with Gasteiger partial charge in [-0.15, -0.1) is 0 Å². The number of carboxylic acid groups (broad SMARTS) is 1. The summed E-state index contributed by atoms with van der Waals surface area (Å²) in [5, 5.41) is 9.26. The van der Waals surface area contributed by atoms with E-state index < -0.39 is 12.1 Å². The Kier molecular flexibility index (Phi) is 13.3. The van der Waals surface area contributed by atoms with Crippen molar-refractivity contribution in [2.45, 2.75) is 64.9 Å². The van der Waals surface area contributed by atoms with Gasteiger partial charge in [-0.25, -0.2) is 9.59 Å². The highest BCUT2D eigenvalue weighted by Gasteiger charge is 2.18. The highest BCUT2D eigenvalue weighted by atomic mass is 16.5. The van der Waals surface area contributed by atoms with Crippen LogP contribution in [0.5, 0.6) is 5.75 Å². The molecule has 0 aliphatic rings. The molecule has 1 rings (SSSR count). The SMILES string of the molecule is CCCCCCCN(CCOc1ccc(CC(OCCC)C(=O)O)cc1)C(=O)OC. The molecule has 0 spiro atoms. The van der Waals surface area contributed by atoms with Crippen molar-refractivity contribution in [3.05, 3.63) is 29.8 Å². The fraction of sp³-hybridized carbons (Fsp3) is 0.652. The number of methoxy groups -OCH3 is 1. The Balaban J connectivity index is 2.46. The van der Waals surface area contributed by atoms with E-state index in [1.807, 2.05) is 19.1 Å². The number of ether oxygens (including phenoxy) is 3. The minimum absolute atomic E-state index is 0.309. The van der Waals surface area contributed by atoms with Gasteiger partial charge in [-0.05, 0) is 30.5 Å². The molecular formula is C23H37NO6. The summed E-state index contributed by atoms with van der Waals surface area (Å²) in [7, 11) is 1.39. The molecule has 0 saturated carbocycles. The van der Waals surface area contributed by atoms with Crippen LogP contribution in [0.3, 0.4) is 0 Å². The molecular weight excluding hydrogens is 386 g/mol. The summed E-state index contributed by atoms with van der Waals surface area (Å²) in [4.78, 5) is 24.9. The normalized spacial score (nSPS) is 11.7. The highest BCUT2D eigenvalue weighted by Crippen LogP contribution is 2.15. The maximum absolute atomic E-state index is 11.9. The third kappa shape index (κ3) is 10.5. The van der Waals surface area contributed by atoms with Crippen molar-refractivity contribution in [2.75, 3.05) is 33.4 Å². The number of nitrogens with zero attached hydrogens (tertiary/aromatic N) is 1. The van der Waals surface area contributed by atoms with Crippen LogP contribution in [0, 0.1) is 0 Å². The van der Waals surface area contributed by atoms with Gasteiger partial charge in [0, 0.05) is 19.6 Å². The first-order valence-electron chi connectivity index (χ1n) is 10.9. The molecule has 30 heavy (non-hydrogen) atoms. The molecule has 170 valence electrons. The molecule has 1 N–H and O–H groups in total. The summed E-state index contributed by atoms with van der Waals surface area (Å²) in [5.74, 6) is -0.283. The first-order valence-corrected chi connectivity index (χ1v) is 10.9. The van der Waals surface area contributed by atoms with E-state index in [9.17, 15) is 14.7 Å². The van der Waals surface area contributed by atoms with E-state index in [-0.39, 0.29) is 6.09 Å². The number of benzene rings is 1. The maximum atomic E-state index is 11.9. The topological polar surface area (TPSA) is 85.3 Å². The van der Waals surface area contributed by atoms with E-state index in [2.05, 4.69) is 6.92 Å². The number of rotatable bonds is 16. The van der Waals surface area contributed by atoms with Crippen LogP contribution in [0.1, 0.15) is 57.9 Å². The molecule has 1 aromatic carbocycles. The van der Waals surface area contributed by atoms with Crippen molar-refractivity contribution < 1.29 is 28.9 Å². The molecule has 0 fully saturated rings. The van der Waals surface area contributed by atoms with Gasteiger partial charge >= 0.3 is 12.1 Å². The summed E-state index contributed by atoms with van der Waals surface area (Å²) in [5.41, 5.74) is 0.870. The summed E-state index contributed by atoms with van der Waals surface area (Å²) in [6.45, 7) is 6.02. The van der Waals surface area contributed by atoms with E-state index in [0.717, 1.165) is 24.8 Å². The Morgan fingerprint density at radius 3 is 2.27 bits per heavy atom. The number of amides is 1. The number of carbonyl (C=O) groups excluding carboxylic acids is 1. The van der Waals surface area contributed by atoms with Gasteiger partial charge in [0.1, 0.15) is 12.4 Å². The quantitative estimate of drug-likeness (QED) is 0.393. The predicted molar refractivity (Wildman–Crippen MR) is 116 cm³/mol. The molecule has 1 aromatic rings. The Morgan fingerprint density at radius 2 is 1.67 bits per heavy atom. The van der Waals surface area contributed by atoms with E-state index >= 15 is 0 Å². The van der Waals surface area contributed by atoms with Crippen LogP contribution in [0.15, 0.2) is 24.3 Å². The van der Waals surface area contributed by atoms with Crippen molar-refractivity contribution in [1.82, 2.24) is 4.90 Å². The van der Waals surface area contributed by atoms with Gasteiger partial charge in [-0.3, -0.25) is 0 Å². The van der Waals surface area contributed by atoms with Gasteiger partial charge in [0.2, 0.25) is 0 Å². The Morgan fingerprint density at radius 1 is 0.967 bits per heavy atom. The smallest absolute Gasteiger partial charge is 0.409 e. The molecule has 0 bridgehead atoms. The zero-order valence-corrected chi connectivity index (χ0v) is 18.6. The van der Waals surface area contributed by atoms with E-state index in [0.29, 0.717) is 38.5 Å². The number of carboxylic acids is 1. The average molecular weight is 424 g/mol. The lowest BCUT2D eigenvalue weighted by Crippen LogP contribution is -2.35. The molecule has 0 heterocycles. The summed E-state index contributed by atoms with van der Waals surface area (Å²) >= 11 is 0. The molecule has 7 nitrogen and oxygen atoms in total. The molecule has 7 heteroatoms. The first kappa shape index (κ1) is 25.8. The lowest BCUT2D eigenvalue weighted by atomic mass is 10.1. The van der Waals surface area contributed by atoms with Crippen LogP contribution < -0.4 is 4.74 Å². The third-order valence-corrected chi connectivity index (χ3v) is 4.74. The highest BCUT2D eigenvalue weighted by molar-refractivity contribution is 5.72. The average Bonchev–Trinajstić information content (AvgIpc) is 2.75. The van der Waals surface area contributed by atoms with Gasteiger partial charge in [-0.2, -0.15) is 0 Å². The Labute approximate surface area is 180 Å². The molecule has 0 aliphatic heterocycles.